The van der Waals surface area contributed by atoms with Crippen molar-refractivity contribution in [3.8, 4) is 0 Å². The van der Waals surface area contributed by atoms with Gasteiger partial charge in [0.1, 0.15) is 0 Å². The predicted octanol–water partition coefficient (Wildman–Crippen LogP) is 1.86. The van der Waals surface area contributed by atoms with Gasteiger partial charge in [0.05, 0.1) is 0 Å². The molecule has 2 nitrogen and oxygen atoms in total. The molecule has 1 aliphatic heterocycles. The molecule has 13 heavy (non-hydrogen) atoms. The molecule has 2 heteroatoms. The summed E-state index contributed by atoms with van der Waals surface area (Å²) >= 11 is 0. The lowest BCUT2D eigenvalue weighted by atomic mass is 10.0. The van der Waals surface area contributed by atoms with E-state index < -0.39 is 0 Å². The van der Waals surface area contributed by atoms with E-state index in [4.69, 9.17) is 0 Å². The molecule has 1 rings (SSSR count). The van der Waals surface area contributed by atoms with Gasteiger partial charge in [-0.05, 0) is 32.0 Å². The van der Waals surface area contributed by atoms with Gasteiger partial charge in [-0.1, -0.05) is 19.9 Å². The zero-order valence-electron chi connectivity index (χ0n) is 8.62. The number of ketones is 1. The Morgan fingerprint density at radius 2 is 2.23 bits per heavy atom. The van der Waals surface area contributed by atoms with Gasteiger partial charge in [0, 0.05) is 12.5 Å². The first-order valence-electron chi connectivity index (χ1n) is 5.16. The summed E-state index contributed by atoms with van der Waals surface area (Å²) in [4.78, 5) is 13.7. The Hall–Kier alpha value is -0.630. The Kier molecular flexibility index (Phi) is 4.16. The van der Waals surface area contributed by atoms with E-state index in [0.717, 1.165) is 13.0 Å². The molecule has 1 heterocycles. The lowest BCUT2D eigenvalue weighted by Crippen LogP contribution is -2.37. The lowest BCUT2D eigenvalue weighted by molar-refractivity contribution is -0.117. The summed E-state index contributed by atoms with van der Waals surface area (Å²) in [7, 11) is 0. The van der Waals surface area contributed by atoms with Crippen LogP contribution in [-0.4, -0.2) is 30.3 Å². The van der Waals surface area contributed by atoms with Gasteiger partial charge in [0.2, 0.25) is 0 Å². The molecule has 0 aromatic heterocycles. The van der Waals surface area contributed by atoms with Crippen LogP contribution in [0.1, 0.15) is 26.7 Å². The van der Waals surface area contributed by atoms with E-state index in [1.807, 2.05) is 19.9 Å². The first-order chi connectivity index (χ1) is 6.24. The van der Waals surface area contributed by atoms with Gasteiger partial charge in [-0.3, -0.25) is 9.69 Å². The summed E-state index contributed by atoms with van der Waals surface area (Å²) in [6.45, 7) is 7.37. The second-order valence-electron chi connectivity index (χ2n) is 3.77. The molecule has 0 saturated carbocycles. The summed E-state index contributed by atoms with van der Waals surface area (Å²) in [5.74, 6) is 0.454. The third kappa shape index (κ3) is 3.31. The highest BCUT2D eigenvalue weighted by molar-refractivity contribution is 5.91. The maximum Gasteiger partial charge on any atom is 0.158 e. The van der Waals surface area contributed by atoms with E-state index in [0.29, 0.717) is 0 Å². The van der Waals surface area contributed by atoms with Gasteiger partial charge in [0.25, 0.3) is 0 Å². The number of likely N-dealkylation sites (tertiary alicyclic amines) is 1. The molecule has 1 atom stereocenters. The molecule has 0 unspecified atom stereocenters. The molecule has 0 amide bonds. The largest absolute Gasteiger partial charge is 0.300 e. The molecule has 0 aliphatic carbocycles. The van der Waals surface area contributed by atoms with Crippen molar-refractivity contribution in [2.75, 3.05) is 19.6 Å². The van der Waals surface area contributed by atoms with Crippen molar-refractivity contribution in [3.63, 3.8) is 0 Å². The zero-order valence-corrected chi connectivity index (χ0v) is 8.62. The van der Waals surface area contributed by atoms with Crippen LogP contribution in [0.25, 0.3) is 0 Å². The fraction of sp³-hybridized carbons (Fsp3) is 0.727. The number of carbonyl (C=O) groups is 1. The molecule has 1 fully saturated rings. The molecule has 1 aliphatic rings. The van der Waals surface area contributed by atoms with Crippen LogP contribution in [0, 0.1) is 5.92 Å². The third-order valence-electron chi connectivity index (χ3n) is 2.69. The average Bonchev–Trinajstić information content (AvgIpc) is 2.07. The van der Waals surface area contributed by atoms with Crippen molar-refractivity contribution in [3.05, 3.63) is 12.2 Å². The van der Waals surface area contributed by atoms with Gasteiger partial charge in [0.15, 0.2) is 5.78 Å². The zero-order chi connectivity index (χ0) is 9.68. The predicted molar refractivity (Wildman–Crippen MR) is 54.7 cm³/mol. The molecule has 1 saturated heterocycles. The van der Waals surface area contributed by atoms with Crippen molar-refractivity contribution in [2.24, 2.45) is 5.92 Å². The van der Waals surface area contributed by atoms with Crippen LogP contribution in [0.3, 0.4) is 0 Å². The normalized spacial score (nSPS) is 20.2. The summed E-state index contributed by atoms with van der Waals surface area (Å²) in [5, 5.41) is 0. The van der Waals surface area contributed by atoms with E-state index in [1.54, 1.807) is 6.08 Å². The van der Waals surface area contributed by atoms with Crippen molar-refractivity contribution < 1.29 is 4.79 Å². The van der Waals surface area contributed by atoms with E-state index in [1.165, 1.54) is 19.5 Å². The van der Waals surface area contributed by atoms with Crippen LogP contribution in [0.5, 0.6) is 0 Å². The average molecular weight is 181 g/mol. The number of nitrogens with zero attached hydrogens (tertiary/aromatic N) is 1. The molecule has 0 bridgehead atoms. The molecular formula is C11H19NO. The Labute approximate surface area is 80.6 Å². The molecule has 0 aromatic rings. The summed E-state index contributed by atoms with van der Waals surface area (Å²) in [5.41, 5.74) is 0. The smallest absolute Gasteiger partial charge is 0.158 e. The minimum atomic E-state index is 0.188. The number of carbonyl (C=O) groups excluding carboxylic acids is 1. The van der Waals surface area contributed by atoms with Crippen molar-refractivity contribution in [1.29, 1.82) is 0 Å². The first kappa shape index (κ1) is 10.5. The number of hydrogen-bond donors (Lipinski definition) is 0. The summed E-state index contributed by atoms with van der Waals surface area (Å²) < 4.78 is 0. The second kappa shape index (κ2) is 5.18. The van der Waals surface area contributed by atoms with Gasteiger partial charge in [-0.15, -0.1) is 0 Å². The van der Waals surface area contributed by atoms with Gasteiger partial charge < -0.3 is 0 Å². The Morgan fingerprint density at radius 1 is 1.54 bits per heavy atom. The van der Waals surface area contributed by atoms with Crippen LogP contribution in [0.2, 0.25) is 0 Å². The van der Waals surface area contributed by atoms with Crippen LogP contribution in [0.4, 0.5) is 0 Å². The molecule has 0 N–H and O–H groups in total. The van der Waals surface area contributed by atoms with Crippen molar-refractivity contribution in [1.82, 2.24) is 4.90 Å². The van der Waals surface area contributed by atoms with Gasteiger partial charge in [-0.2, -0.15) is 0 Å². The number of allylic oxidation sites excluding steroid dienone is 1. The van der Waals surface area contributed by atoms with Crippen LogP contribution >= 0.6 is 0 Å². The number of hydrogen-bond acceptors (Lipinski definition) is 2. The Morgan fingerprint density at radius 3 is 2.69 bits per heavy atom. The van der Waals surface area contributed by atoms with E-state index in [-0.39, 0.29) is 11.7 Å². The third-order valence-corrected chi connectivity index (χ3v) is 2.69. The molecule has 0 aromatic carbocycles. The maximum absolute atomic E-state index is 11.4. The topological polar surface area (TPSA) is 20.3 Å². The monoisotopic (exact) mass is 181 g/mol. The Bertz CT molecular complexity index is 194. The Balaban J connectivity index is 2.17. The van der Waals surface area contributed by atoms with E-state index in [2.05, 4.69) is 4.90 Å². The molecule has 0 spiro atoms. The summed E-state index contributed by atoms with van der Waals surface area (Å²) in [6.07, 6.45) is 5.99. The minimum absolute atomic E-state index is 0.188. The van der Waals surface area contributed by atoms with Crippen LogP contribution < -0.4 is 0 Å². The molecule has 0 radical (unpaired) electrons. The second-order valence-corrected chi connectivity index (χ2v) is 3.77. The number of rotatable bonds is 5. The highest BCUT2D eigenvalue weighted by Crippen LogP contribution is 2.06. The van der Waals surface area contributed by atoms with Crippen LogP contribution in [-0.2, 0) is 4.79 Å². The summed E-state index contributed by atoms with van der Waals surface area (Å²) in [6, 6.07) is 0. The van der Waals surface area contributed by atoms with E-state index in [9.17, 15) is 4.79 Å². The van der Waals surface area contributed by atoms with Crippen molar-refractivity contribution in [2.45, 2.75) is 26.7 Å². The fourth-order valence-corrected chi connectivity index (χ4v) is 1.25. The first-order valence-corrected chi connectivity index (χ1v) is 5.16. The van der Waals surface area contributed by atoms with E-state index >= 15 is 0 Å². The van der Waals surface area contributed by atoms with Gasteiger partial charge >= 0.3 is 0 Å². The molecule has 74 valence electrons. The SMILES string of the molecule is CC[C@@H](C)C(=O)/C=C/CN1CCC1. The molecular weight excluding hydrogens is 162 g/mol. The standard InChI is InChI=1S/C11H19NO/c1-3-10(2)11(13)6-4-7-12-8-5-9-12/h4,6,10H,3,5,7-9H2,1-2H3/b6-4+/t10-/m1/s1. The maximum atomic E-state index is 11.4. The van der Waals surface area contributed by atoms with Crippen LogP contribution in [0.15, 0.2) is 12.2 Å². The highest BCUT2D eigenvalue weighted by Gasteiger charge is 2.11. The fourth-order valence-electron chi connectivity index (χ4n) is 1.25. The van der Waals surface area contributed by atoms with Crippen molar-refractivity contribution >= 4 is 5.78 Å². The lowest BCUT2D eigenvalue weighted by Gasteiger charge is -2.29. The minimum Gasteiger partial charge on any atom is -0.300 e. The van der Waals surface area contributed by atoms with Gasteiger partial charge in [-0.25, -0.2) is 0 Å². The quantitative estimate of drug-likeness (QED) is 0.603. The highest BCUT2D eigenvalue weighted by atomic mass is 16.1.